The predicted octanol–water partition coefficient (Wildman–Crippen LogP) is 3.43. The minimum Gasteiger partial charge on any atom is -0.476 e. The van der Waals surface area contributed by atoms with E-state index in [9.17, 15) is 18.0 Å². The van der Waals surface area contributed by atoms with Gasteiger partial charge < -0.3 is 9.47 Å². The number of carbonyl (C=O) groups is 1. The Bertz CT molecular complexity index is 453. The first-order chi connectivity index (χ1) is 8.68. The number of alkyl halides is 3. The summed E-state index contributed by atoms with van der Waals surface area (Å²) in [6, 6.07) is 4.74. The quantitative estimate of drug-likeness (QED) is 0.790. The van der Waals surface area contributed by atoms with E-state index < -0.39 is 29.1 Å². The normalized spacial score (nSPS) is 12.1. The monoisotopic (exact) mass is 276 g/mol. The maximum atomic E-state index is 12.8. The van der Waals surface area contributed by atoms with Crippen LogP contribution < -0.4 is 4.74 Å². The lowest BCUT2D eigenvalue weighted by Gasteiger charge is -2.25. The summed E-state index contributed by atoms with van der Waals surface area (Å²) in [6.45, 7) is 4.46. The Labute approximate surface area is 109 Å². The topological polar surface area (TPSA) is 35.5 Å². The zero-order valence-electron chi connectivity index (χ0n) is 10.9. The Balaban J connectivity index is 3.03. The van der Waals surface area contributed by atoms with Crippen molar-refractivity contribution in [3.8, 4) is 5.75 Å². The Morgan fingerprint density at radius 2 is 1.79 bits per heavy atom. The fourth-order valence-corrected chi connectivity index (χ4v) is 1.41. The molecule has 19 heavy (non-hydrogen) atoms. The molecule has 0 radical (unpaired) electrons. The van der Waals surface area contributed by atoms with E-state index in [0.29, 0.717) is 0 Å². The third-order valence-corrected chi connectivity index (χ3v) is 2.32. The Kier molecular flexibility index (Phi) is 4.44. The van der Waals surface area contributed by atoms with E-state index in [0.717, 1.165) is 6.07 Å². The SMILES string of the molecule is CCOC(=O)C(C)(C)Oc1ccccc1C(F)(F)F. The number of hydrogen-bond acceptors (Lipinski definition) is 3. The zero-order valence-corrected chi connectivity index (χ0v) is 10.9. The van der Waals surface area contributed by atoms with Gasteiger partial charge in [-0.15, -0.1) is 0 Å². The average molecular weight is 276 g/mol. The Hall–Kier alpha value is -1.72. The van der Waals surface area contributed by atoms with Crippen LogP contribution in [0.3, 0.4) is 0 Å². The zero-order chi connectivity index (χ0) is 14.7. The average Bonchev–Trinajstić information content (AvgIpc) is 2.28. The van der Waals surface area contributed by atoms with Crippen molar-refractivity contribution in [2.75, 3.05) is 6.61 Å². The molecule has 0 fully saturated rings. The van der Waals surface area contributed by atoms with Gasteiger partial charge in [-0.25, -0.2) is 4.79 Å². The van der Waals surface area contributed by atoms with Crippen LogP contribution in [-0.4, -0.2) is 18.2 Å². The third kappa shape index (κ3) is 3.87. The van der Waals surface area contributed by atoms with Gasteiger partial charge in [0.25, 0.3) is 0 Å². The van der Waals surface area contributed by atoms with Crippen molar-refractivity contribution in [3.05, 3.63) is 29.8 Å². The van der Waals surface area contributed by atoms with Crippen LogP contribution in [0.25, 0.3) is 0 Å². The van der Waals surface area contributed by atoms with Gasteiger partial charge in [-0.05, 0) is 32.9 Å². The summed E-state index contributed by atoms with van der Waals surface area (Å²) in [4.78, 5) is 11.6. The van der Waals surface area contributed by atoms with E-state index in [1.165, 1.54) is 32.0 Å². The minimum atomic E-state index is -4.54. The smallest absolute Gasteiger partial charge is 0.419 e. The van der Waals surface area contributed by atoms with E-state index in [2.05, 4.69) is 0 Å². The van der Waals surface area contributed by atoms with Gasteiger partial charge in [-0.1, -0.05) is 12.1 Å². The standard InChI is InChI=1S/C13H15F3O3/c1-4-18-11(17)12(2,3)19-10-8-6-5-7-9(10)13(14,15)16/h5-8H,4H2,1-3H3. The molecule has 0 spiro atoms. The van der Waals surface area contributed by atoms with Gasteiger partial charge in [0.2, 0.25) is 0 Å². The molecule has 1 aromatic rings. The molecule has 0 aliphatic carbocycles. The summed E-state index contributed by atoms with van der Waals surface area (Å²) < 4.78 is 48.3. The van der Waals surface area contributed by atoms with Crippen LogP contribution in [0.15, 0.2) is 24.3 Å². The summed E-state index contributed by atoms with van der Waals surface area (Å²) in [6.07, 6.45) is -4.54. The molecule has 6 heteroatoms. The summed E-state index contributed by atoms with van der Waals surface area (Å²) in [7, 11) is 0. The van der Waals surface area contributed by atoms with Crippen LogP contribution in [0.1, 0.15) is 26.3 Å². The molecular weight excluding hydrogens is 261 g/mol. The highest BCUT2D eigenvalue weighted by molar-refractivity contribution is 5.79. The highest BCUT2D eigenvalue weighted by atomic mass is 19.4. The van der Waals surface area contributed by atoms with Crippen LogP contribution in [0.5, 0.6) is 5.75 Å². The molecule has 0 amide bonds. The number of ether oxygens (including phenoxy) is 2. The molecule has 0 aliphatic rings. The fourth-order valence-electron chi connectivity index (χ4n) is 1.41. The predicted molar refractivity (Wildman–Crippen MR) is 62.8 cm³/mol. The Morgan fingerprint density at radius 3 is 2.32 bits per heavy atom. The maximum Gasteiger partial charge on any atom is 0.419 e. The minimum absolute atomic E-state index is 0.131. The fraction of sp³-hybridized carbons (Fsp3) is 0.462. The molecule has 0 atom stereocenters. The van der Waals surface area contributed by atoms with Gasteiger partial charge in [-0.3, -0.25) is 0 Å². The van der Waals surface area contributed by atoms with Crippen LogP contribution >= 0.6 is 0 Å². The molecule has 1 rings (SSSR count). The van der Waals surface area contributed by atoms with Crippen molar-refractivity contribution in [2.24, 2.45) is 0 Å². The highest BCUT2D eigenvalue weighted by Crippen LogP contribution is 2.37. The lowest BCUT2D eigenvalue weighted by Crippen LogP contribution is -2.40. The van der Waals surface area contributed by atoms with Gasteiger partial charge >= 0.3 is 12.1 Å². The van der Waals surface area contributed by atoms with Crippen molar-refractivity contribution in [1.82, 2.24) is 0 Å². The second-order valence-corrected chi connectivity index (χ2v) is 4.33. The van der Waals surface area contributed by atoms with Crippen molar-refractivity contribution in [2.45, 2.75) is 32.5 Å². The molecule has 0 heterocycles. The van der Waals surface area contributed by atoms with Crippen LogP contribution in [-0.2, 0) is 15.7 Å². The van der Waals surface area contributed by atoms with E-state index in [-0.39, 0.29) is 6.61 Å². The van der Waals surface area contributed by atoms with E-state index in [4.69, 9.17) is 9.47 Å². The van der Waals surface area contributed by atoms with Crippen LogP contribution in [0.2, 0.25) is 0 Å². The van der Waals surface area contributed by atoms with E-state index in [1.807, 2.05) is 0 Å². The number of halogens is 3. The van der Waals surface area contributed by atoms with E-state index in [1.54, 1.807) is 6.92 Å². The van der Waals surface area contributed by atoms with Gasteiger partial charge in [0.15, 0.2) is 5.60 Å². The van der Waals surface area contributed by atoms with Crippen molar-refractivity contribution in [1.29, 1.82) is 0 Å². The lowest BCUT2D eigenvalue weighted by molar-refractivity contribution is -0.160. The molecule has 0 aromatic heterocycles. The molecule has 106 valence electrons. The van der Waals surface area contributed by atoms with E-state index >= 15 is 0 Å². The first-order valence-electron chi connectivity index (χ1n) is 5.71. The van der Waals surface area contributed by atoms with Gasteiger partial charge in [0.1, 0.15) is 5.75 Å². The lowest BCUT2D eigenvalue weighted by atomic mass is 10.1. The number of rotatable bonds is 4. The molecule has 0 bridgehead atoms. The van der Waals surface area contributed by atoms with Gasteiger partial charge in [-0.2, -0.15) is 13.2 Å². The molecule has 1 aromatic carbocycles. The second-order valence-electron chi connectivity index (χ2n) is 4.33. The molecule has 0 aliphatic heterocycles. The highest BCUT2D eigenvalue weighted by Gasteiger charge is 2.38. The van der Waals surface area contributed by atoms with Crippen LogP contribution in [0.4, 0.5) is 13.2 Å². The molecule has 0 saturated heterocycles. The summed E-state index contributed by atoms with van der Waals surface area (Å²) in [5.74, 6) is -1.11. The van der Waals surface area contributed by atoms with Crippen molar-refractivity contribution in [3.63, 3.8) is 0 Å². The number of hydrogen-bond donors (Lipinski definition) is 0. The summed E-state index contributed by atoms with van der Waals surface area (Å²) >= 11 is 0. The second kappa shape index (κ2) is 5.50. The third-order valence-electron chi connectivity index (χ3n) is 2.32. The molecule has 0 N–H and O–H groups in total. The molecule has 3 nitrogen and oxygen atoms in total. The van der Waals surface area contributed by atoms with Gasteiger partial charge in [0.05, 0.1) is 12.2 Å². The van der Waals surface area contributed by atoms with Crippen molar-refractivity contribution >= 4 is 5.97 Å². The number of benzene rings is 1. The number of carbonyl (C=O) groups excluding carboxylic acids is 1. The first-order valence-corrected chi connectivity index (χ1v) is 5.71. The first kappa shape index (κ1) is 15.3. The van der Waals surface area contributed by atoms with Crippen LogP contribution in [0, 0.1) is 0 Å². The molecular formula is C13H15F3O3. The Morgan fingerprint density at radius 1 is 1.21 bits per heavy atom. The molecule has 0 unspecified atom stereocenters. The summed E-state index contributed by atoms with van der Waals surface area (Å²) in [5.41, 5.74) is -2.41. The largest absolute Gasteiger partial charge is 0.476 e. The number of esters is 1. The number of para-hydroxylation sites is 1. The van der Waals surface area contributed by atoms with Gasteiger partial charge in [0, 0.05) is 0 Å². The maximum absolute atomic E-state index is 12.8. The molecule has 0 saturated carbocycles. The van der Waals surface area contributed by atoms with Crippen molar-refractivity contribution < 1.29 is 27.4 Å². The summed E-state index contributed by atoms with van der Waals surface area (Å²) in [5, 5.41) is 0.